The number of nitrogens with one attached hydrogen (secondary N) is 1. The van der Waals surface area contributed by atoms with Gasteiger partial charge in [0.1, 0.15) is 5.76 Å². The van der Waals surface area contributed by atoms with Gasteiger partial charge < -0.3 is 14.6 Å². The first kappa shape index (κ1) is 20.3. The number of rotatable bonds is 6. The molecule has 0 radical (unpaired) electrons. The molecule has 28 heavy (non-hydrogen) atoms. The van der Waals surface area contributed by atoms with Gasteiger partial charge in [-0.05, 0) is 44.8 Å². The Bertz CT molecular complexity index is 1060. The van der Waals surface area contributed by atoms with Crippen molar-refractivity contribution in [2.75, 3.05) is 27.2 Å². The van der Waals surface area contributed by atoms with Gasteiger partial charge in [-0.2, -0.15) is 0 Å². The molecule has 0 fully saturated rings. The molecule has 0 aliphatic heterocycles. The SMILES string of the molecule is CC(Br)c1oc(=O)c2ccccc2c1-c1cccc(C(=O)NCCN(C)C)c1. The van der Waals surface area contributed by atoms with Gasteiger partial charge in [-0.3, -0.25) is 4.79 Å². The molecule has 2 aromatic carbocycles. The van der Waals surface area contributed by atoms with Crippen molar-refractivity contribution in [2.45, 2.75) is 11.8 Å². The van der Waals surface area contributed by atoms with E-state index in [2.05, 4.69) is 21.2 Å². The second-order valence-electron chi connectivity index (χ2n) is 6.93. The van der Waals surface area contributed by atoms with Crippen LogP contribution in [0, 0.1) is 0 Å². The molecule has 6 heteroatoms. The van der Waals surface area contributed by atoms with Gasteiger partial charge in [0.2, 0.25) is 0 Å². The van der Waals surface area contributed by atoms with Gasteiger partial charge in [-0.25, -0.2) is 4.79 Å². The Kier molecular flexibility index (Phi) is 6.31. The summed E-state index contributed by atoms with van der Waals surface area (Å²) in [5.74, 6) is 0.424. The van der Waals surface area contributed by atoms with E-state index in [1.807, 2.05) is 62.3 Å². The fourth-order valence-electron chi connectivity index (χ4n) is 3.11. The number of carbonyl (C=O) groups is 1. The Hall–Kier alpha value is -2.44. The zero-order valence-corrected chi connectivity index (χ0v) is 17.7. The summed E-state index contributed by atoms with van der Waals surface area (Å²) in [6.45, 7) is 3.25. The van der Waals surface area contributed by atoms with Gasteiger partial charge in [-0.15, -0.1) is 0 Å². The van der Waals surface area contributed by atoms with E-state index in [0.717, 1.165) is 23.1 Å². The summed E-state index contributed by atoms with van der Waals surface area (Å²) in [7, 11) is 3.92. The van der Waals surface area contributed by atoms with E-state index in [1.165, 1.54) is 0 Å². The van der Waals surface area contributed by atoms with Crippen LogP contribution in [0.2, 0.25) is 0 Å². The topological polar surface area (TPSA) is 62.6 Å². The van der Waals surface area contributed by atoms with Gasteiger partial charge in [0, 0.05) is 29.6 Å². The number of halogens is 1. The molecule has 0 aliphatic carbocycles. The van der Waals surface area contributed by atoms with Gasteiger partial charge in [0.15, 0.2) is 0 Å². The maximum Gasteiger partial charge on any atom is 0.343 e. The van der Waals surface area contributed by atoms with Gasteiger partial charge >= 0.3 is 5.63 Å². The molecule has 0 saturated carbocycles. The van der Waals surface area contributed by atoms with Crippen molar-refractivity contribution in [2.24, 2.45) is 0 Å². The van der Waals surface area contributed by atoms with Crippen LogP contribution in [0.3, 0.4) is 0 Å². The minimum Gasteiger partial charge on any atom is -0.426 e. The van der Waals surface area contributed by atoms with Crippen molar-refractivity contribution >= 4 is 32.6 Å². The number of nitrogens with zero attached hydrogens (tertiary/aromatic N) is 1. The van der Waals surface area contributed by atoms with Crippen LogP contribution in [0.4, 0.5) is 0 Å². The van der Waals surface area contributed by atoms with Crippen molar-refractivity contribution in [1.29, 1.82) is 0 Å². The molecule has 1 heterocycles. The first-order valence-electron chi connectivity index (χ1n) is 9.11. The first-order valence-corrected chi connectivity index (χ1v) is 10.0. The van der Waals surface area contributed by atoms with Crippen molar-refractivity contribution in [3.8, 4) is 11.1 Å². The van der Waals surface area contributed by atoms with Crippen molar-refractivity contribution in [1.82, 2.24) is 10.2 Å². The van der Waals surface area contributed by atoms with Crippen molar-refractivity contribution in [3.05, 3.63) is 70.3 Å². The summed E-state index contributed by atoms with van der Waals surface area (Å²) >= 11 is 3.53. The lowest BCUT2D eigenvalue weighted by atomic mass is 9.96. The standard InChI is InChI=1S/C22H23BrN2O3/c1-14(23)20-19(17-9-4-5-10-18(17)22(27)28-20)15-7-6-8-16(13-15)21(26)24-11-12-25(2)3/h4-10,13-14H,11-12H2,1-3H3,(H,24,26). The van der Waals surface area contributed by atoms with Crippen LogP contribution < -0.4 is 10.9 Å². The lowest BCUT2D eigenvalue weighted by Crippen LogP contribution is -2.31. The molecule has 5 nitrogen and oxygen atoms in total. The molecular weight excluding hydrogens is 420 g/mol. The van der Waals surface area contributed by atoms with E-state index in [-0.39, 0.29) is 16.4 Å². The number of alkyl halides is 1. The van der Waals surface area contributed by atoms with E-state index < -0.39 is 0 Å². The molecule has 0 aliphatic rings. The van der Waals surface area contributed by atoms with E-state index in [0.29, 0.717) is 23.3 Å². The molecule has 3 aromatic rings. The molecular formula is C22H23BrN2O3. The zero-order valence-electron chi connectivity index (χ0n) is 16.2. The number of likely N-dealkylation sites (N-methyl/N-ethyl adjacent to an activating group) is 1. The summed E-state index contributed by atoms with van der Waals surface area (Å²) in [6.07, 6.45) is 0. The highest BCUT2D eigenvalue weighted by Crippen LogP contribution is 2.36. The molecule has 1 amide bonds. The maximum absolute atomic E-state index is 12.5. The summed E-state index contributed by atoms with van der Waals surface area (Å²) in [4.78, 5) is 26.8. The Labute approximate surface area is 172 Å². The fourth-order valence-corrected chi connectivity index (χ4v) is 3.43. The van der Waals surface area contributed by atoms with Crippen LogP contribution >= 0.6 is 15.9 Å². The first-order chi connectivity index (χ1) is 13.4. The van der Waals surface area contributed by atoms with Crippen LogP contribution in [0.25, 0.3) is 21.9 Å². The minimum absolute atomic E-state index is 0.126. The Balaban J connectivity index is 2.08. The Morgan fingerprint density at radius 2 is 1.86 bits per heavy atom. The molecule has 1 N–H and O–H groups in total. The zero-order chi connectivity index (χ0) is 20.3. The molecule has 146 valence electrons. The maximum atomic E-state index is 12.5. The largest absolute Gasteiger partial charge is 0.426 e. The highest BCUT2D eigenvalue weighted by molar-refractivity contribution is 9.09. The average Bonchev–Trinajstić information content (AvgIpc) is 2.67. The average molecular weight is 443 g/mol. The normalized spacial score (nSPS) is 12.3. The number of amides is 1. The van der Waals surface area contributed by atoms with E-state index in [1.54, 1.807) is 12.1 Å². The third-order valence-corrected chi connectivity index (χ3v) is 4.90. The highest BCUT2D eigenvalue weighted by atomic mass is 79.9. The van der Waals surface area contributed by atoms with E-state index >= 15 is 0 Å². The Morgan fingerprint density at radius 3 is 2.54 bits per heavy atom. The van der Waals surface area contributed by atoms with Crippen LogP contribution in [0.1, 0.15) is 27.9 Å². The predicted molar refractivity (Wildman–Crippen MR) is 116 cm³/mol. The highest BCUT2D eigenvalue weighted by Gasteiger charge is 2.19. The second kappa shape index (κ2) is 8.71. The molecule has 1 aromatic heterocycles. The van der Waals surface area contributed by atoms with Crippen LogP contribution in [-0.4, -0.2) is 38.0 Å². The minimum atomic E-state index is -0.363. The second-order valence-corrected chi connectivity index (χ2v) is 8.30. The van der Waals surface area contributed by atoms with E-state index in [9.17, 15) is 9.59 Å². The number of hydrogen-bond acceptors (Lipinski definition) is 4. The third-order valence-electron chi connectivity index (χ3n) is 4.48. The molecule has 1 unspecified atom stereocenters. The molecule has 0 bridgehead atoms. The summed E-state index contributed by atoms with van der Waals surface area (Å²) < 4.78 is 5.62. The number of fused-ring (bicyclic) bond motifs is 1. The van der Waals surface area contributed by atoms with Gasteiger partial charge in [0.25, 0.3) is 5.91 Å². The monoisotopic (exact) mass is 442 g/mol. The van der Waals surface area contributed by atoms with Crippen LogP contribution in [0.15, 0.2) is 57.7 Å². The molecule has 0 saturated heterocycles. The predicted octanol–water partition coefficient (Wildman–Crippen LogP) is 4.21. The summed E-state index contributed by atoms with van der Waals surface area (Å²) in [6, 6.07) is 14.8. The smallest absolute Gasteiger partial charge is 0.343 e. The molecule has 3 rings (SSSR count). The summed E-state index contributed by atoms with van der Waals surface area (Å²) in [5.41, 5.74) is 1.86. The number of hydrogen-bond donors (Lipinski definition) is 1. The number of carbonyl (C=O) groups excluding carboxylic acids is 1. The van der Waals surface area contributed by atoms with E-state index in [4.69, 9.17) is 4.42 Å². The summed E-state index contributed by atoms with van der Waals surface area (Å²) in [5, 5.41) is 4.26. The fraction of sp³-hybridized carbons (Fsp3) is 0.273. The molecule has 1 atom stereocenters. The van der Waals surface area contributed by atoms with Gasteiger partial charge in [0.05, 0.1) is 10.2 Å². The Morgan fingerprint density at radius 1 is 1.14 bits per heavy atom. The molecule has 0 spiro atoms. The van der Waals surface area contributed by atoms with Crippen molar-refractivity contribution < 1.29 is 9.21 Å². The van der Waals surface area contributed by atoms with Crippen molar-refractivity contribution in [3.63, 3.8) is 0 Å². The lowest BCUT2D eigenvalue weighted by Gasteiger charge is -2.14. The number of benzene rings is 2. The van der Waals surface area contributed by atoms with Crippen LogP contribution in [-0.2, 0) is 0 Å². The van der Waals surface area contributed by atoms with Gasteiger partial charge in [-0.1, -0.05) is 46.3 Å². The lowest BCUT2D eigenvalue weighted by molar-refractivity contribution is 0.0951. The third kappa shape index (κ3) is 4.34. The quantitative estimate of drug-likeness (QED) is 0.580. The van der Waals surface area contributed by atoms with Crippen LogP contribution in [0.5, 0.6) is 0 Å².